The standard InChI is InChI=1S/C16H16N4O2/c1-20(13-6-8-18-9-7-13)12-4-2-11(3-5-12)14-10-15(16(17)21)22-19-14/h2-9,15H,10H2,1H3,(H2,17,21). The number of nitrogens with two attached hydrogens (primary N) is 1. The number of hydrogen-bond acceptors (Lipinski definition) is 5. The first-order valence-corrected chi connectivity index (χ1v) is 6.91. The summed E-state index contributed by atoms with van der Waals surface area (Å²) in [6, 6.07) is 11.8. The van der Waals surface area contributed by atoms with Crippen molar-refractivity contribution in [1.82, 2.24) is 4.98 Å². The lowest BCUT2D eigenvalue weighted by atomic mass is 10.0. The Balaban J connectivity index is 1.75. The second kappa shape index (κ2) is 5.85. The molecule has 2 heterocycles. The molecule has 0 radical (unpaired) electrons. The summed E-state index contributed by atoms with van der Waals surface area (Å²) in [5, 5.41) is 3.94. The van der Waals surface area contributed by atoms with E-state index >= 15 is 0 Å². The first kappa shape index (κ1) is 14.1. The van der Waals surface area contributed by atoms with Crippen LogP contribution in [-0.2, 0) is 9.63 Å². The van der Waals surface area contributed by atoms with Gasteiger partial charge in [-0.3, -0.25) is 9.78 Å². The van der Waals surface area contributed by atoms with Crippen LogP contribution in [0.5, 0.6) is 0 Å². The normalized spacial score (nSPS) is 16.8. The van der Waals surface area contributed by atoms with Crippen LogP contribution >= 0.6 is 0 Å². The zero-order chi connectivity index (χ0) is 15.5. The number of primary amides is 1. The molecule has 0 aliphatic carbocycles. The molecule has 112 valence electrons. The van der Waals surface area contributed by atoms with Gasteiger partial charge < -0.3 is 15.5 Å². The number of hydrogen-bond donors (Lipinski definition) is 1. The zero-order valence-corrected chi connectivity index (χ0v) is 12.1. The van der Waals surface area contributed by atoms with E-state index in [4.69, 9.17) is 10.6 Å². The van der Waals surface area contributed by atoms with Gasteiger partial charge in [0.25, 0.3) is 5.91 Å². The minimum absolute atomic E-state index is 0.412. The van der Waals surface area contributed by atoms with Crippen LogP contribution in [0.15, 0.2) is 53.9 Å². The van der Waals surface area contributed by atoms with Crippen molar-refractivity contribution < 1.29 is 9.63 Å². The van der Waals surface area contributed by atoms with Crippen molar-refractivity contribution in [1.29, 1.82) is 0 Å². The van der Waals surface area contributed by atoms with Crippen LogP contribution in [0.3, 0.4) is 0 Å². The Labute approximate surface area is 128 Å². The largest absolute Gasteiger partial charge is 0.382 e. The molecule has 2 aromatic rings. The van der Waals surface area contributed by atoms with Gasteiger partial charge in [0.2, 0.25) is 6.10 Å². The molecule has 2 N–H and O–H groups in total. The summed E-state index contributed by atoms with van der Waals surface area (Å²) >= 11 is 0. The SMILES string of the molecule is CN(c1ccncc1)c1ccc(C2=NOC(C(N)=O)C2)cc1. The maximum atomic E-state index is 11.1. The van der Waals surface area contributed by atoms with Gasteiger partial charge in [-0.1, -0.05) is 17.3 Å². The molecule has 22 heavy (non-hydrogen) atoms. The van der Waals surface area contributed by atoms with Gasteiger partial charge in [-0.05, 0) is 29.8 Å². The number of benzene rings is 1. The summed E-state index contributed by atoms with van der Waals surface area (Å²) in [5.74, 6) is -0.493. The topological polar surface area (TPSA) is 80.8 Å². The van der Waals surface area contributed by atoms with Crippen molar-refractivity contribution >= 4 is 23.0 Å². The Morgan fingerprint density at radius 2 is 1.82 bits per heavy atom. The van der Waals surface area contributed by atoms with Crippen molar-refractivity contribution in [3.63, 3.8) is 0 Å². The molecule has 1 amide bonds. The fourth-order valence-electron chi connectivity index (χ4n) is 2.29. The van der Waals surface area contributed by atoms with Crippen molar-refractivity contribution in [2.45, 2.75) is 12.5 Å². The molecule has 1 aromatic carbocycles. The van der Waals surface area contributed by atoms with Crippen molar-refractivity contribution in [3.8, 4) is 0 Å². The third-order valence-electron chi connectivity index (χ3n) is 3.62. The molecule has 1 atom stereocenters. The third kappa shape index (κ3) is 2.76. The summed E-state index contributed by atoms with van der Waals surface area (Å²) in [7, 11) is 1.99. The fraction of sp³-hybridized carbons (Fsp3) is 0.188. The van der Waals surface area contributed by atoms with E-state index in [-0.39, 0.29) is 0 Å². The number of nitrogens with zero attached hydrogens (tertiary/aromatic N) is 3. The number of pyridine rings is 1. The molecule has 0 fully saturated rings. The van der Waals surface area contributed by atoms with E-state index in [2.05, 4.69) is 15.0 Å². The number of anilines is 2. The first-order valence-electron chi connectivity index (χ1n) is 6.91. The van der Waals surface area contributed by atoms with Crippen LogP contribution in [0.4, 0.5) is 11.4 Å². The van der Waals surface area contributed by atoms with Gasteiger partial charge in [0.1, 0.15) is 0 Å². The van der Waals surface area contributed by atoms with Gasteiger partial charge in [-0.25, -0.2) is 0 Å². The lowest BCUT2D eigenvalue weighted by Gasteiger charge is -2.19. The summed E-state index contributed by atoms with van der Waals surface area (Å²) in [6.07, 6.45) is 3.27. The van der Waals surface area contributed by atoms with E-state index in [0.717, 1.165) is 22.6 Å². The second-order valence-corrected chi connectivity index (χ2v) is 5.05. The highest BCUT2D eigenvalue weighted by Crippen LogP contribution is 2.24. The molecule has 1 unspecified atom stereocenters. The van der Waals surface area contributed by atoms with Crippen LogP contribution in [0.1, 0.15) is 12.0 Å². The van der Waals surface area contributed by atoms with E-state index in [1.807, 2.05) is 43.4 Å². The molecular formula is C16H16N4O2. The monoisotopic (exact) mass is 296 g/mol. The van der Waals surface area contributed by atoms with Crippen LogP contribution < -0.4 is 10.6 Å². The van der Waals surface area contributed by atoms with Gasteiger partial charge in [0.05, 0.1) is 5.71 Å². The van der Waals surface area contributed by atoms with E-state index in [1.165, 1.54) is 0 Å². The van der Waals surface area contributed by atoms with Gasteiger partial charge in [-0.2, -0.15) is 0 Å². The highest BCUT2D eigenvalue weighted by Gasteiger charge is 2.26. The average Bonchev–Trinajstić information content (AvgIpc) is 3.05. The first-order chi connectivity index (χ1) is 10.6. The Hall–Kier alpha value is -2.89. The Morgan fingerprint density at radius 1 is 1.18 bits per heavy atom. The maximum absolute atomic E-state index is 11.1. The van der Waals surface area contributed by atoms with Crippen LogP contribution in [-0.4, -0.2) is 29.8 Å². The molecule has 1 aromatic heterocycles. The molecule has 6 nitrogen and oxygen atoms in total. The third-order valence-corrected chi connectivity index (χ3v) is 3.62. The molecule has 1 aliphatic heterocycles. The van der Waals surface area contributed by atoms with E-state index < -0.39 is 12.0 Å². The molecule has 6 heteroatoms. The molecule has 3 rings (SSSR count). The number of aromatic nitrogens is 1. The van der Waals surface area contributed by atoms with E-state index in [1.54, 1.807) is 12.4 Å². The van der Waals surface area contributed by atoms with Gasteiger partial charge in [0.15, 0.2) is 0 Å². The molecule has 0 saturated carbocycles. The highest BCUT2D eigenvalue weighted by molar-refractivity contribution is 6.04. The van der Waals surface area contributed by atoms with Crippen molar-refractivity contribution in [3.05, 3.63) is 54.4 Å². The van der Waals surface area contributed by atoms with E-state index in [0.29, 0.717) is 6.42 Å². The number of carbonyl (C=O) groups excluding carboxylic acids is 1. The smallest absolute Gasteiger partial charge is 0.261 e. The quantitative estimate of drug-likeness (QED) is 0.933. The number of rotatable bonds is 4. The van der Waals surface area contributed by atoms with Crippen LogP contribution in [0.2, 0.25) is 0 Å². The highest BCUT2D eigenvalue weighted by atomic mass is 16.6. The zero-order valence-electron chi connectivity index (χ0n) is 12.1. The second-order valence-electron chi connectivity index (χ2n) is 5.05. The lowest BCUT2D eigenvalue weighted by Crippen LogP contribution is -2.28. The number of oxime groups is 1. The summed E-state index contributed by atoms with van der Waals surface area (Å²) < 4.78 is 0. The predicted octanol–water partition coefficient (Wildman–Crippen LogP) is 1.83. The Kier molecular flexibility index (Phi) is 3.74. The Bertz CT molecular complexity index is 698. The van der Waals surface area contributed by atoms with E-state index in [9.17, 15) is 4.79 Å². The Morgan fingerprint density at radius 3 is 2.41 bits per heavy atom. The average molecular weight is 296 g/mol. The molecule has 0 spiro atoms. The summed E-state index contributed by atoms with van der Waals surface area (Å²) in [6.45, 7) is 0. The summed E-state index contributed by atoms with van der Waals surface area (Å²) in [4.78, 5) is 22.2. The molecule has 0 saturated heterocycles. The van der Waals surface area contributed by atoms with Gasteiger partial charge in [0, 0.05) is 37.2 Å². The number of carbonyl (C=O) groups is 1. The van der Waals surface area contributed by atoms with Crippen molar-refractivity contribution in [2.75, 3.05) is 11.9 Å². The fourth-order valence-corrected chi connectivity index (χ4v) is 2.29. The van der Waals surface area contributed by atoms with Crippen molar-refractivity contribution in [2.24, 2.45) is 10.9 Å². The molecular weight excluding hydrogens is 280 g/mol. The predicted molar refractivity (Wildman–Crippen MR) is 84.0 cm³/mol. The number of amides is 1. The maximum Gasteiger partial charge on any atom is 0.261 e. The van der Waals surface area contributed by atoms with Crippen LogP contribution in [0, 0.1) is 0 Å². The van der Waals surface area contributed by atoms with Crippen LogP contribution in [0.25, 0.3) is 0 Å². The lowest BCUT2D eigenvalue weighted by molar-refractivity contribution is -0.127. The van der Waals surface area contributed by atoms with Gasteiger partial charge >= 0.3 is 0 Å². The summed E-state index contributed by atoms with van der Waals surface area (Å²) in [5.41, 5.74) is 8.98. The molecule has 1 aliphatic rings. The van der Waals surface area contributed by atoms with Gasteiger partial charge in [-0.15, -0.1) is 0 Å². The minimum atomic E-state index is -0.658. The minimum Gasteiger partial charge on any atom is -0.382 e. The molecule has 0 bridgehead atoms.